The van der Waals surface area contributed by atoms with Crippen molar-refractivity contribution in [2.75, 3.05) is 20.8 Å². The number of nitrogens with zero attached hydrogens (tertiary/aromatic N) is 1. The zero-order valence-corrected chi connectivity index (χ0v) is 22.0. The van der Waals surface area contributed by atoms with Crippen molar-refractivity contribution < 1.29 is 23.8 Å². The Balaban J connectivity index is 1.94. The summed E-state index contributed by atoms with van der Waals surface area (Å²) < 4.78 is 16.6. The van der Waals surface area contributed by atoms with Crippen LogP contribution in [-0.2, 0) is 22.6 Å². The molecule has 3 aromatic rings. The van der Waals surface area contributed by atoms with Crippen LogP contribution in [0, 0.1) is 0 Å². The van der Waals surface area contributed by atoms with Gasteiger partial charge in [-0.15, -0.1) is 0 Å². The number of carbonyl (C=O) groups is 2. The molecule has 0 saturated heterocycles. The van der Waals surface area contributed by atoms with E-state index in [1.807, 2.05) is 80.6 Å². The molecule has 2 atom stereocenters. The van der Waals surface area contributed by atoms with E-state index >= 15 is 0 Å². The van der Waals surface area contributed by atoms with Crippen LogP contribution in [0.4, 0.5) is 0 Å². The predicted octanol–water partition coefficient (Wildman–Crippen LogP) is 4.64. The van der Waals surface area contributed by atoms with Crippen LogP contribution in [0.25, 0.3) is 0 Å². The van der Waals surface area contributed by atoms with E-state index in [1.54, 1.807) is 31.3 Å². The maximum atomic E-state index is 13.7. The number of rotatable bonds is 13. The Morgan fingerprint density at radius 3 is 2.22 bits per heavy atom. The van der Waals surface area contributed by atoms with E-state index in [2.05, 4.69) is 5.32 Å². The summed E-state index contributed by atoms with van der Waals surface area (Å²) in [5.41, 5.74) is 1.81. The van der Waals surface area contributed by atoms with Gasteiger partial charge in [-0.3, -0.25) is 9.59 Å². The summed E-state index contributed by atoms with van der Waals surface area (Å²) in [5, 5.41) is 3.07. The molecule has 2 unspecified atom stereocenters. The van der Waals surface area contributed by atoms with Crippen molar-refractivity contribution >= 4 is 11.8 Å². The molecular weight excluding hydrogens is 468 g/mol. The first-order valence-corrected chi connectivity index (χ1v) is 12.5. The average Bonchev–Trinajstić information content (AvgIpc) is 2.94. The van der Waals surface area contributed by atoms with Crippen molar-refractivity contribution in [3.8, 4) is 17.2 Å². The Bertz CT molecular complexity index is 1150. The fourth-order valence-corrected chi connectivity index (χ4v) is 3.92. The van der Waals surface area contributed by atoms with Gasteiger partial charge in [0.05, 0.1) is 14.2 Å². The predicted molar refractivity (Wildman–Crippen MR) is 144 cm³/mol. The van der Waals surface area contributed by atoms with Crippen LogP contribution in [0.15, 0.2) is 78.9 Å². The molecule has 0 bridgehead atoms. The number of methoxy groups -OCH3 is 2. The SMILES string of the molecule is CCC(C)NC(=O)C(Cc1ccccc1)N(Cc1cccc(OC)c1)C(=O)COc1ccccc1OC. The second-order valence-electron chi connectivity index (χ2n) is 8.84. The van der Waals surface area contributed by atoms with E-state index in [1.165, 1.54) is 0 Å². The molecule has 196 valence electrons. The number of benzene rings is 3. The van der Waals surface area contributed by atoms with Gasteiger partial charge in [0.15, 0.2) is 18.1 Å². The highest BCUT2D eigenvalue weighted by Gasteiger charge is 2.31. The van der Waals surface area contributed by atoms with Crippen molar-refractivity contribution in [2.45, 2.75) is 45.3 Å². The normalized spacial score (nSPS) is 12.2. The molecule has 0 spiro atoms. The van der Waals surface area contributed by atoms with Gasteiger partial charge < -0.3 is 24.4 Å². The van der Waals surface area contributed by atoms with Gasteiger partial charge in [-0.25, -0.2) is 0 Å². The van der Waals surface area contributed by atoms with Gasteiger partial charge in [0, 0.05) is 19.0 Å². The lowest BCUT2D eigenvalue weighted by Crippen LogP contribution is -2.53. The molecule has 7 nitrogen and oxygen atoms in total. The van der Waals surface area contributed by atoms with Crippen molar-refractivity contribution in [3.63, 3.8) is 0 Å². The number of para-hydroxylation sites is 2. The van der Waals surface area contributed by atoms with E-state index in [0.29, 0.717) is 23.7 Å². The molecule has 0 saturated carbocycles. The maximum absolute atomic E-state index is 13.7. The van der Waals surface area contributed by atoms with Crippen LogP contribution in [-0.4, -0.2) is 49.6 Å². The van der Waals surface area contributed by atoms with Crippen molar-refractivity contribution in [1.29, 1.82) is 0 Å². The Morgan fingerprint density at radius 1 is 0.865 bits per heavy atom. The van der Waals surface area contributed by atoms with Gasteiger partial charge in [0.1, 0.15) is 11.8 Å². The third-order valence-electron chi connectivity index (χ3n) is 6.18. The molecule has 2 amide bonds. The topological polar surface area (TPSA) is 77.1 Å². The van der Waals surface area contributed by atoms with Gasteiger partial charge >= 0.3 is 0 Å². The molecule has 0 aliphatic heterocycles. The second-order valence-corrected chi connectivity index (χ2v) is 8.84. The van der Waals surface area contributed by atoms with E-state index in [9.17, 15) is 9.59 Å². The molecule has 0 heterocycles. The fourth-order valence-electron chi connectivity index (χ4n) is 3.92. The molecule has 0 aliphatic rings. The lowest BCUT2D eigenvalue weighted by atomic mass is 10.0. The highest BCUT2D eigenvalue weighted by Crippen LogP contribution is 2.26. The molecule has 37 heavy (non-hydrogen) atoms. The third-order valence-corrected chi connectivity index (χ3v) is 6.18. The number of carbonyl (C=O) groups excluding carboxylic acids is 2. The monoisotopic (exact) mass is 504 g/mol. The van der Waals surface area contributed by atoms with Gasteiger partial charge in [0.25, 0.3) is 5.91 Å². The lowest BCUT2D eigenvalue weighted by molar-refractivity contribution is -0.143. The van der Waals surface area contributed by atoms with Crippen LogP contribution in [0.1, 0.15) is 31.4 Å². The first kappa shape index (κ1) is 27.6. The first-order valence-electron chi connectivity index (χ1n) is 12.5. The first-order chi connectivity index (χ1) is 17.9. The maximum Gasteiger partial charge on any atom is 0.261 e. The second kappa shape index (κ2) is 13.9. The zero-order valence-electron chi connectivity index (χ0n) is 22.0. The molecule has 1 N–H and O–H groups in total. The average molecular weight is 505 g/mol. The van der Waals surface area contributed by atoms with Gasteiger partial charge in [-0.1, -0.05) is 61.5 Å². The molecule has 0 aliphatic carbocycles. The highest BCUT2D eigenvalue weighted by atomic mass is 16.5. The largest absolute Gasteiger partial charge is 0.497 e. The van der Waals surface area contributed by atoms with Crippen LogP contribution in [0.2, 0.25) is 0 Å². The van der Waals surface area contributed by atoms with E-state index < -0.39 is 6.04 Å². The molecule has 0 radical (unpaired) electrons. The van der Waals surface area contributed by atoms with Crippen LogP contribution >= 0.6 is 0 Å². The zero-order chi connectivity index (χ0) is 26.6. The summed E-state index contributed by atoms with van der Waals surface area (Å²) in [6, 6.07) is 23.6. The van der Waals surface area contributed by atoms with Gasteiger partial charge in [-0.05, 0) is 48.7 Å². The summed E-state index contributed by atoms with van der Waals surface area (Å²) in [4.78, 5) is 28.9. The van der Waals surface area contributed by atoms with Crippen LogP contribution in [0.3, 0.4) is 0 Å². The molecule has 7 heteroatoms. The Hall–Kier alpha value is -4.00. The van der Waals surface area contributed by atoms with Crippen molar-refractivity contribution in [1.82, 2.24) is 10.2 Å². The minimum atomic E-state index is -0.739. The van der Waals surface area contributed by atoms with Crippen LogP contribution < -0.4 is 19.5 Å². The number of ether oxygens (including phenoxy) is 3. The summed E-state index contributed by atoms with van der Waals surface area (Å²) in [6.07, 6.45) is 1.15. The van der Waals surface area contributed by atoms with Gasteiger partial charge in [-0.2, -0.15) is 0 Å². The quantitative estimate of drug-likeness (QED) is 0.367. The van der Waals surface area contributed by atoms with Crippen molar-refractivity contribution in [2.24, 2.45) is 0 Å². The molecule has 0 aromatic heterocycles. The molecule has 0 fully saturated rings. The minimum Gasteiger partial charge on any atom is -0.497 e. The Kier molecular flexibility index (Phi) is 10.4. The summed E-state index contributed by atoms with van der Waals surface area (Å²) in [6.45, 7) is 3.94. The smallest absolute Gasteiger partial charge is 0.261 e. The molecule has 3 aromatic carbocycles. The van der Waals surface area contributed by atoms with Gasteiger partial charge in [0.2, 0.25) is 5.91 Å². The highest BCUT2D eigenvalue weighted by molar-refractivity contribution is 5.88. The number of amides is 2. The van der Waals surface area contributed by atoms with Crippen molar-refractivity contribution in [3.05, 3.63) is 90.0 Å². The number of hydrogen-bond acceptors (Lipinski definition) is 5. The summed E-state index contributed by atoms with van der Waals surface area (Å²) in [5.74, 6) is 1.16. The molecule has 3 rings (SSSR count). The summed E-state index contributed by atoms with van der Waals surface area (Å²) >= 11 is 0. The fraction of sp³-hybridized carbons (Fsp3) is 0.333. The summed E-state index contributed by atoms with van der Waals surface area (Å²) in [7, 11) is 3.15. The van der Waals surface area contributed by atoms with E-state index in [-0.39, 0.29) is 31.0 Å². The molecular formula is C30H36N2O5. The minimum absolute atomic E-state index is 0.0237. The van der Waals surface area contributed by atoms with E-state index in [0.717, 1.165) is 17.5 Å². The van der Waals surface area contributed by atoms with Crippen LogP contribution in [0.5, 0.6) is 17.2 Å². The number of hydrogen-bond donors (Lipinski definition) is 1. The lowest BCUT2D eigenvalue weighted by Gasteiger charge is -2.32. The van der Waals surface area contributed by atoms with E-state index in [4.69, 9.17) is 14.2 Å². The Morgan fingerprint density at radius 2 is 1.54 bits per heavy atom. The third kappa shape index (κ3) is 8.00. The Labute approximate surface area is 219 Å². The standard InChI is InChI=1S/C30H36N2O5/c1-5-22(2)31-30(34)26(19-23-12-7-6-8-13-23)32(20-24-14-11-15-25(18-24)35-3)29(33)21-37-28-17-10-9-16-27(28)36-4/h6-18,22,26H,5,19-21H2,1-4H3,(H,31,34). The number of nitrogens with one attached hydrogen (secondary N) is 1.